The average molecular weight is 114 g/mol. The van der Waals surface area contributed by atoms with Gasteiger partial charge in [0.15, 0.2) is 0 Å². The fraction of sp³-hybridized carbons (Fsp3) is 0.250. The molecular weight excluding hydrogens is 110 g/mol. The third-order valence-corrected chi connectivity index (χ3v) is 1.38. The molecule has 0 atom stereocenters. The molecule has 0 fully saturated rings. The van der Waals surface area contributed by atoms with E-state index in [1.165, 1.54) is 11.3 Å². The van der Waals surface area contributed by atoms with Gasteiger partial charge in [0.05, 0.1) is 10.4 Å². The van der Waals surface area contributed by atoms with Crippen molar-refractivity contribution in [2.45, 2.75) is 6.61 Å². The maximum atomic E-state index is 9.96. The molecule has 1 radical (unpaired) electrons. The summed E-state index contributed by atoms with van der Waals surface area (Å²) < 4.78 is 0. The highest BCUT2D eigenvalue weighted by Crippen LogP contribution is 2.03. The molecule has 0 aromatic carbocycles. The minimum atomic E-state index is -0.134. The summed E-state index contributed by atoms with van der Waals surface area (Å²) in [5, 5.41) is 9.96. The smallest absolute Gasteiger partial charge is 0.118 e. The van der Waals surface area contributed by atoms with Crippen molar-refractivity contribution >= 4 is 11.3 Å². The summed E-state index contributed by atoms with van der Waals surface area (Å²) in [6.07, 6.45) is 1.59. The minimum Gasteiger partial charge on any atom is -0.253 e. The molecule has 1 aromatic rings. The molecule has 0 aliphatic carbocycles. The van der Waals surface area contributed by atoms with Crippen LogP contribution in [-0.2, 0) is 11.7 Å². The van der Waals surface area contributed by atoms with Gasteiger partial charge in [0.2, 0.25) is 0 Å². The summed E-state index contributed by atoms with van der Waals surface area (Å²) in [6, 6.07) is 0. The summed E-state index contributed by atoms with van der Waals surface area (Å²) in [4.78, 5) is 4.52. The summed E-state index contributed by atoms with van der Waals surface area (Å²) >= 11 is 1.40. The number of hydrogen-bond donors (Lipinski definition) is 0. The van der Waals surface area contributed by atoms with E-state index in [4.69, 9.17) is 0 Å². The highest BCUT2D eigenvalue weighted by Gasteiger charge is 1.87. The highest BCUT2D eigenvalue weighted by atomic mass is 32.1. The molecule has 0 bridgehead atoms. The SMILES string of the molecule is [O]Cc1cncs1. The molecule has 0 unspecified atom stereocenters. The van der Waals surface area contributed by atoms with E-state index in [1.807, 2.05) is 0 Å². The van der Waals surface area contributed by atoms with Crippen molar-refractivity contribution in [3.63, 3.8) is 0 Å². The quantitative estimate of drug-likeness (QED) is 0.537. The first-order valence-electron chi connectivity index (χ1n) is 1.89. The Balaban J connectivity index is 2.76. The third-order valence-electron chi connectivity index (χ3n) is 0.626. The molecule has 0 spiro atoms. The van der Waals surface area contributed by atoms with Crippen LogP contribution in [0.2, 0.25) is 0 Å². The van der Waals surface area contributed by atoms with Crippen LogP contribution in [0.25, 0.3) is 0 Å². The van der Waals surface area contributed by atoms with E-state index in [1.54, 1.807) is 11.7 Å². The standard InChI is InChI=1S/C4H4NOS/c6-2-4-1-5-3-7-4/h1,3H,2H2. The fourth-order valence-corrected chi connectivity index (χ4v) is 0.760. The number of nitrogens with zero attached hydrogens (tertiary/aromatic N) is 1. The highest BCUT2D eigenvalue weighted by molar-refractivity contribution is 7.09. The van der Waals surface area contributed by atoms with Crippen molar-refractivity contribution in [1.29, 1.82) is 0 Å². The predicted octanol–water partition coefficient (Wildman–Crippen LogP) is 1.07. The lowest BCUT2D eigenvalue weighted by atomic mass is 10.6. The fourth-order valence-electron chi connectivity index (χ4n) is 0.313. The van der Waals surface area contributed by atoms with Crippen molar-refractivity contribution in [2.24, 2.45) is 0 Å². The van der Waals surface area contributed by atoms with E-state index in [0.29, 0.717) is 0 Å². The van der Waals surface area contributed by atoms with Crippen LogP contribution in [0.1, 0.15) is 4.88 Å². The van der Waals surface area contributed by atoms with Crippen LogP contribution >= 0.6 is 11.3 Å². The van der Waals surface area contributed by atoms with E-state index in [2.05, 4.69) is 4.98 Å². The van der Waals surface area contributed by atoms with Gasteiger partial charge in [-0.2, -0.15) is 0 Å². The van der Waals surface area contributed by atoms with Gasteiger partial charge in [-0.15, -0.1) is 11.3 Å². The van der Waals surface area contributed by atoms with Crippen LogP contribution in [0.5, 0.6) is 0 Å². The van der Waals surface area contributed by atoms with Gasteiger partial charge in [-0.3, -0.25) is 4.98 Å². The molecule has 0 N–H and O–H groups in total. The number of hydrogen-bond acceptors (Lipinski definition) is 2. The Kier molecular flexibility index (Phi) is 1.38. The second kappa shape index (κ2) is 2.04. The molecule has 0 aliphatic rings. The first-order valence-corrected chi connectivity index (χ1v) is 2.77. The van der Waals surface area contributed by atoms with E-state index < -0.39 is 0 Å². The molecular formula is C4H4NOS. The van der Waals surface area contributed by atoms with Crippen molar-refractivity contribution in [2.75, 3.05) is 0 Å². The summed E-state index contributed by atoms with van der Waals surface area (Å²) in [5.74, 6) is 0. The Morgan fingerprint density at radius 1 is 1.86 bits per heavy atom. The summed E-state index contributed by atoms with van der Waals surface area (Å²) in [7, 11) is 0. The van der Waals surface area contributed by atoms with E-state index in [-0.39, 0.29) is 6.61 Å². The zero-order valence-electron chi connectivity index (χ0n) is 3.63. The molecule has 0 aliphatic heterocycles. The largest absolute Gasteiger partial charge is 0.253 e. The van der Waals surface area contributed by atoms with E-state index in [9.17, 15) is 5.11 Å². The Morgan fingerprint density at radius 3 is 3.00 bits per heavy atom. The van der Waals surface area contributed by atoms with Gasteiger partial charge in [0.1, 0.15) is 6.61 Å². The molecule has 3 heteroatoms. The Labute approximate surface area is 45.5 Å². The van der Waals surface area contributed by atoms with E-state index >= 15 is 0 Å². The van der Waals surface area contributed by atoms with Gasteiger partial charge in [-0.1, -0.05) is 0 Å². The molecule has 1 rings (SSSR count). The molecule has 0 amide bonds. The summed E-state index contributed by atoms with van der Waals surface area (Å²) in [5.41, 5.74) is 1.66. The molecule has 0 saturated heterocycles. The molecule has 2 nitrogen and oxygen atoms in total. The van der Waals surface area contributed by atoms with Crippen LogP contribution in [0.15, 0.2) is 11.7 Å². The monoisotopic (exact) mass is 114 g/mol. The van der Waals surface area contributed by atoms with Crippen molar-refractivity contribution < 1.29 is 5.11 Å². The summed E-state index contributed by atoms with van der Waals surface area (Å²) in [6.45, 7) is -0.134. The second-order valence-corrected chi connectivity index (χ2v) is 2.08. The number of rotatable bonds is 1. The number of thiazole rings is 1. The van der Waals surface area contributed by atoms with Crippen LogP contribution in [-0.4, -0.2) is 4.98 Å². The van der Waals surface area contributed by atoms with Gasteiger partial charge in [0, 0.05) is 6.20 Å². The van der Waals surface area contributed by atoms with Crippen LogP contribution in [0, 0.1) is 0 Å². The van der Waals surface area contributed by atoms with Gasteiger partial charge in [0.25, 0.3) is 0 Å². The molecule has 37 valence electrons. The molecule has 1 heterocycles. The van der Waals surface area contributed by atoms with Gasteiger partial charge >= 0.3 is 0 Å². The Hall–Kier alpha value is -0.410. The van der Waals surface area contributed by atoms with Crippen molar-refractivity contribution in [3.05, 3.63) is 16.6 Å². The second-order valence-electron chi connectivity index (χ2n) is 1.11. The topological polar surface area (TPSA) is 32.8 Å². The minimum absolute atomic E-state index is 0.134. The van der Waals surface area contributed by atoms with Crippen molar-refractivity contribution in [3.8, 4) is 0 Å². The zero-order chi connectivity index (χ0) is 5.11. The predicted molar refractivity (Wildman–Crippen MR) is 26.5 cm³/mol. The lowest BCUT2D eigenvalue weighted by Crippen LogP contribution is -1.67. The Morgan fingerprint density at radius 2 is 2.71 bits per heavy atom. The van der Waals surface area contributed by atoms with E-state index in [0.717, 1.165) is 4.88 Å². The lowest BCUT2D eigenvalue weighted by molar-refractivity contribution is 0.180. The first-order chi connectivity index (χ1) is 3.43. The lowest BCUT2D eigenvalue weighted by Gasteiger charge is -1.73. The maximum Gasteiger partial charge on any atom is 0.118 e. The van der Waals surface area contributed by atoms with Crippen molar-refractivity contribution in [1.82, 2.24) is 4.98 Å². The third kappa shape index (κ3) is 0.976. The normalized spacial score (nSPS) is 9.29. The van der Waals surface area contributed by atoms with Crippen LogP contribution < -0.4 is 0 Å². The van der Waals surface area contributed by atoms with Gasteiger partial charge < -0.3 is 0 Å². The van der Waals surface area contributed by atoms with Crippen LogP contribution in [0.4, 0.5) is 0 Å². The Bertz CT molecular complexity index is 126. The molecule has 7 heavy (non-hydrogen) atoms. The van der Waals surface area contributed by atoms with Crippen LogP contribution in [0.3, 0.4) is 0 Å². The molecule has 1 aromatic heterocycles. The average Bonchev–Trinajstić information content (AvgIpc) is 2.14. The van der Waals surface area contributed by atoms with Gasteiger partial charge in [-0.05, 0) is 0 Å². The van der Waals surface area contributed by atoms with Gasteiger partial charge in [-0.25, -0.2) is 5.11 Å². The molecule has 0 saturated carbocycles. The maximum absolute atomic E-state index is 9.96. The number of aromatic nitrogens is 1. The first kappa shape index (κ1) is 4.74. The zero-order valence-corrected chi connectivity index (χ0v) is 4.44.